The predicted octanol–water partition coefficient (Wildman–Crippen LogP) is 4.09. The van der Waals surface area contributed by atoms with Gasteiger partial charge in [-0.25, -0.2) is 14.4 Å². The third-order valence-corrected chi connectivity index (χ3v) is 3.10. The molecule has 1 heterocycles. The molecule has 0 saturated heterocycles. The first-order valence-electron chi connectivity index (χ1n) is 4.96. The highest BCUT2D eigenvalue weighted by Crippen LogP contribution is 2.23. The SMILES string of the molecule is Cc1cc(CCl)nc(-c2ccc(F)c(Br)c2)n1. The van der Waals surface area contributed by atoms with Gasteiger partial charge in [0.05, 0.1) is 16.0 Å². The van der Waals surface area contributed by atoms with E-state index in [0.717, 1.165) is 17.0 Å². The van der Waals surface area contributed by atoms with Crippen LogP contribution in [0.5, 0.6) is 0 Å². The molecule has 0 bridgehead atoms. The normalized spacial score (nSPS) is 10.6. The van der Waals surface area contributed by atoms with Crippen LogP contribution in [0.15, 0.2) is 28.7 Å². The molecule has 1 aromatic heterocycles. The predicted molar refractivity (Wildman–Crippen MR) is 69.4 cm³/mol. The summed E-state index contributed by atoms with van der Waals surface area (Å²) in [5.41, 5.74) is 2.36. The highest BCUT2D eigenvalue weighted by atomic mass is 79.9. The van der Waals surface area contributed by atoms with E-state index in [1.165, 1.54) is 6.07 Å². The molecule has 0 aliphatic carbocycles. The van der Waals surface area contributed by atoms with Gasteiger partial charge >= 0.3 is 0 Å². The second-order valence-electron chi connectivity index (χ2n) is 3.59. The van der Waals surface area contributed by atoms with Crippen LogP contribution in [0.25, 0.3) is 11.4 Å². The maximum Gasteiger partial charge on any atom is 0.159 e. The third kappa shape index (κ3) is 2.82. The fraction of sp³-hybridized carbons (Fsp3) is 0.167. The largest absolute Gasteiger partial charge is 0.233 e. The second kappa shape index (κ2) is 5.10. The van der Waals surface area contributed by atoms with Gasteiger partial charge in [-0.15, -0.1) is 11.6 Å². The smallest absolute Gasteiger partial charge is 0.159 e. The van der Waals surface area contributed by atoms with Crippen LogP contribution >= 0.6 is 27.5 Å². The summed E-state index contributed by atoms with van der Waals surface area (Å²) in [6.45, 7) is 1.87. The van der Waals surface area contributed by atoms with Gasteiger partial charge in [0.15, 0.2) is 5.82 Å². The summed E-state index contributed by atoms with van der Waals surface area (Å²) in [5.74, 6) is 0.582. The molecule has 0 aliphatic rings. The molecule has 0 atom stereocenters. The lowest BCUT2D eigenvalue weighted by molar-refractivity contribution is 0.621. The van der Waals surface area contributed by atoms with E-state index in [2.05, 4.69) is 25.9 Å². The molecule has 0 spiro atoms. The number of aromatic nitrogens is 2. The Morgan fingerprint density at radius 1 is 1.29 bits per heavy atom. The molecular formula is C12H9BrClFN2. The van der Waals surface area contributed by atoms with Gasteiger partial charge in [0, 0.05) is 11.3 Å². The number of hydrogen-bond donors (Lipinski definition) is 0. The summed E-state index contributed by atoms with van der Waals surface area (Å²) in [5, 5.41) is 0. The van der Waals surface area contributed by atoms with Gasteiger partial charge in [-0.05, 0) is 47.1 Å². The summed E-state index contributed by atoms with van der Waals surface area (Å²) in [6, 6.07) is 6.51. The molecule has 2 rings (SSSR count). The molecule has 1 aromatic carbocycles. The van der Waals surface area contributed by atoms with Gasteiger partial charge in [-0.2, -0.15) is 0 Å². The van der Waals surface area contributed by atoms with Crippen LogP contribution in [-0.4, -0.2) is 9.97 Å². The number of halogens is 3. The molecule has 0 unspecified atom stereocenters. The zero-order valence-corrected chi connectivity index (χ0v) is 11.4. The molecule has 0 amide bonds. The summed E-state index contributed by atoms with van der Waals surface area (Å²) in [7, 11) is 0. The highest BCUT2D eigenvalue weighted by Gasteiger charge is 2.07. The van der Waals surface area contributed by atoms with E-state index in [1.807, 2.05) is 13.0 Å². The molecule has 2 nitrogen and oxygen atoms in total. The zero-order chi connectivity index (χ0) is 12.4. The monoisotopic (exact) mass is 314 g/mol. The minimum absolute atomic E-state index is 0.307. The van der Waals surface area contributed by atoms with E-state index in [1.54, 1.807) is 12.1 Å². The minimum atomic E-state index is -0.307. The van der Waals surface area contributed by atoms with E-state index >= 15 is 0 Å². The average Bonchev–Trinajstić information content (AvgIpc) is 2.32. The van der Waals surface area contributed by atoms with Crippen LogP contribution in [0.3, 0.4) is 0 Å². The third-order valence-electron chi connectivity index (χ3n) is 2.22. The fourth-order valence-electron chi connectivity index (χ4n) is 1.47. The Bertz CT molecular complexity index is 560. The molecule has 0 radical (unpaired) electrons. The van der Waals surface area contributed by atoms with E-state index < -0.39 is 0 Å². The Labute approximate surface area is 112 Å². The Kier molecular flexibility index (Phi) is 3.74. The van der Waals surface area contributed by atoms with Crippen LogP contribution in [0.2, 0.25) is 0 Å². The van der Waals surface area contributed by atoms with Crippen molar-refractivity contribution in [3.05, 3.63) is 45.9 Å². The topological polar surface area (TPSA) is 25.8 Å². The molecule has 0 saturated carbocycles. The van der Waals surface area contributed by atoms with E-state index in [0.29, 0.717) is 16.2 Å². The first-order valence-corrected chi connectivity index (χ1v) is 6.29. The van der Waals surface area contributed by atoms with Crippen molar-refractivity contribution >= 4 is 27.5 Å². The Morgan fingerprint density at radius 2 is 2.06 bits per heavy atom. The maximum atomic E-state index is 13.1. The molecular weight excluding hydrogens is 307 g/mol. The zero-order valence-electron chi connectivity index (χ0n) is 9.04. The number of benzene rings is 1. The van der Waals surface area contributed by atoms with Crippen molar-refractivity contribution < 1.29 is 4.39 Å². The van der Waals surface area contributed by atoms with Crippen molar-refractivity contribution in [2.75, 3.05) is 0 Å². The van der Waals surface area contributed by atoms with Gasteiger partial charge in [0.25, 0.3) is 0 Å². The van der Waals surface area contributed by atoms with Crippen LogP contribution < -0.4 is 0 Å². The molecule has 0 aliphatic heterocycles. The Hall–Kier alpha value is -1.00. The first-order chi connectivity index (χ1) is 8.10. The number of hydrogen-bond acceptors (Lipinski definition) is 2. The van der Waals surface area contributed by atoms with Gasteiger partial charge in [-0.3, -0.25) is 0 Å². The molecule has 88 valence electrons. The standard InChI is InChI=1S/C12H9BrClFN2/c1-7-4-9(6-14)17-12(16-7)8-2-3-11(15)10(13)5-8/h2-5H,6H2,1H3. The lowest BCUT2D eigenvalue weighted by atomic mass is 10.2. The summed E-state index contributed by atoms with van der Waals surface area (Å²) in [6.07, 6.45) is 0. The number of nitrogens with zero attached hydrogens (tertiary/aromatic N) is 2. The van der Waals surface area contributed by atoms with Gasteiger partial charge in [0.2, 0.25) is 0 Å². The number of alkyl halides is 1. The number of rotatable bonds is 2. The summed E-state index contributed by atoms with van der Waals surface area (Å²) < 4.78 is 13.5. The molecule has 0 N–H and O–H groups in total. The van der Waals surface area contributed by atoms with Gasteiger partial charge < -0.3 is 0 Å². The second-order valence-corrected chi connectivity index (χ2v) is 4.71. The molecule has 0 fully saturated rings. The number of aryl methyl sites for hydroxylation is 1. The average molecular weight is 316 g/mol. The molecule has 17 heavy (non-hydrogen) atoms. The lowest BCUT2D eigenvalue weighted by Gasteiger charge is -2.05. The van der Waals surface area contributed by atoms with Crippen LogP contribution in [0.1, 0.15) is 11.4 Å². The molecule has 2 aromatic rings. The fourth-order valence-corrected chi connectivity index (χ4v) is 1.98. The van der Waals surface area contributed by atoms with Crippen molar-refractivity contribution in [1.82, 2.24) is 9.97 Å². The van der Waals surface area contributed by atoms with E-state index in [-0.39, 0.29) is 5.82 Å². The van der Waals surface area contributed by atoms with Gasteiger partial charge in [0.1, 0.15) is 5.82 Å². The van der Waals surface area contributed by atoms with Crippen molar-refractivity contribution in [3.63, 3.8) is 0 Å². The van der Waals surface area contributed by atoms with Crippen LogP contribution in [-0.2, 0) is 5.88 Å². The van der Waals surface area contributed by atoms with Crippen LogP contribution in [0, 0.1) is 12.7 Å². The maximum absolute atomic E-state index is 13.1. The Balaban J connectivity index is 2.52. The van der Waals surface area contributed by atoms with Crippen molar-refractivity contribution in [2.45, 2.75) is 12.8 Å². The van der Waals surface area contributed by atoms with Crippen molar-refractivity contribution in [1.29, 1.82) is 0 Å². The van der Waals surface area contributed by atoms with Crippen molar-refractivity contribution in [3.8, 4) is 11.4 Å². The van der Waals surface area contributed by atoms with Crippen molar-refractivity contribution in [2.24, 2.45) is 0 Å². The Morgan fingerprint density at radius 3 is 2.71 bits per heavy atom. The summed E-state index contributed by atoms with van der Waals surface area (Å²) in [4.78, 5) is 8.62. The highest BCUT2D eigenvalue weighted by molar-refractivity contribution is 9.10. The molecule has 5 heteroatoms. The van der Waals surface area contributed by atoms with Crippen LogP contribution in [0.4, 0.5) is 4.39 Å². The first kappa shape index (κ1) is 12.5. The lowest BCUT2D eigenvalue weighted by Crippen LogP contribution is -1.96. The summed E-state index contributed by atoms with van der Waals surface area (Å²) >= 11 is 8.90. The quantitative estimate of drug-likeness (QED) is 0.780. The minimum Gasteiger partial charge on any atom is -0.233 e. The van der Waals surface area contributed by atoms with E-state index in [9.17, 15) is 4.39 Å². The van der Waals surface area contributed by atoms with Gasteiger partial charge in [-0.1, -0.05) is 0 Å². The van der Waals surface area contributed by atoms with E-state index in [4.69, 9.17) is 11.6 Å².